The fraction of sp³-hybridized carbons (Fsp3) is 0.375. The molecule has 0 fully saturated rings. The Balaban J connectivity index is 1.83. The normalized spacial score (nSPS) is 16.9. The van der Waals surface area contributed by atoms with Crippen molar-refractivity contribution in [1.29, 1.82) is 0 Å². The maximum absolute atomic E-state index is 14.0. The second-order valence-electron chi connectivity index (χ2n) is 9.24. The Labute approximate surface area is 183 Å². The van der Waals surface area contributed by atoms with Gasteiger partial charge in [0.05, 0.1) is 17.9 Å². The summed E-state index contributed by atoms with van der Waals surface area (Å²) in [6.07, 6.45) is 2.92. The van der Waals surface area contributed by atoms with Crippen LogP contribution in [0.5, 0.6) is 0 Å². The van der Waals surface area contributed by atoms with E-state index in [9.17, 15) is 12.8 Å². The number of rotatable bonds is 4. The zero-order valence-corrected chi connectivity index (χ0v) is 19.2. The highest BCUT2D eigenvalue weighted by molar-refractivity contribution is 7.93. The van der Waals surface area contributed by atoms with Gasteiger partial charge in [0.1, 0.15) is 10.7 Å². The van der Waals surface area contributed by atoms with E-state index in [4.69, 9.17) is 0 Å². The lowest BCUT2D eigenvalue weighted by atomic mass is 9.92. The van der Waals surface area contributed by atoms with Crippen molar-refractivity contribution in [2.75, 3.05) is 4.31 Å². The number of aromatic nitrogens is 2. The third kappa shape index (κ3) is 4.11. The lowest BCUT2D eigenvalue weighted by molar-refractivity contribution is 0.528. The smallest absolute Gasteiger partial charge is 0.267 e. The predicted octanol–water partition coefficient (Wildman–Crippen LogP) is 4.90. The highest BCUT2D eigenvalue weighted by atomic mass is 32.2. The van der Waals surface area contributed by atoms with Crippen LogP contribution in [-0.4, -0.2) is 24.2 Å². The number of aryl methyl sites for hydroxylation is 1. The Morgan fingerprint density at radius 3 is 2.52 bits per heavy atom. The average molecular weight is 442 g/mol. The van der Waals surface area contributed by atoms with Gasteiger partial charge in [0, 0.05) is 17.7 Å². The third-order valence-electron chi connectivity index (χ3n) is 5.67. The molecule has 0 radical (unpaired) electrons. The van der Waals surface area contributed by atoms with E-state index in [1.54, 1.807) is 16.9 Å². The first kappa shape index (κ1) is 21.6. The summed E-state index contributed by atoms with van der Waals surface area (Å²) in [4.78, 5) is 0.208. The first-order chi connectivity index (χ1) is 14.6. The number of hydrogen-bond donors (Lipinski definition) is 0. The van der Waals surface area contributed by atoms with Crippen LogP contribution >= 0.6 is 0 Å². The van der Waals surface area contributed by atoms with Gasteiger partial charge < -0.3 is 0 Å². The molecule has 0 amide bonds. The van der Waals surface area contributed by atoms with Crippen molar-refractivity contribution in [3.05, 3.63) is 77.4 Å². The molecule has 164 valence electrons. The fourth-order valence-electron chi connectivity index (χ4n) is 4.12. The van der Waals surface area contributed by atoms with Gasteiger partial charge in [-0.1, -0.05) is 51.1 Å². The van der Waals surface area contributed by atoms with Crippen LogP contribution in [0.1, 0.15) is 50.9 Å². The van der Waals surface area contributed by atoms with Gasteiger partial charge >= 0.3 is 0 Å². The Hall–Kier alpha value is -2.67. The van der Waals surface area contributed by atoms with E-state index in [0.29, 0.717) is 30.8 Å². The number of nitrogens with zero attached hydrogens (tertiary/aromatic N) is 3. The van der Waals surface area contributed by atoms with E-state index < -0.39 is 15.4 Å². The minimum Gasteiger partial charge on any atom is -0.267 e. The zero-order valence-electron chi connectivity index (χ0n) is 18.3. The molecule has 1 aliphatic rings. The van der Waals surface area contributed by atoms with Crippen LogP contribution in [0.4, 0.5) is 10.1 Å². The Bertz CT molecular complexity index is 1200. The molecule has 2 heterocycles. The highest BCUT2D eigenvalue weighted by Gasteiger charge is 2.38. The van der Waals surface area contributed by atoms with Gasteiger partial charge in [-0.05, 0) is 49.1 Å². The van der Waals surface area contributed by atoms with Gasteiger partial charge in [-0.3, -0.25) is 8.99 Å². The first-order valence-corrected chi connectivity index (χ1v) is 12.0. The maximum Gasteiger partial charge on any atom is 0.268 e. The van der Waals surface area contributed by atoms with Gasteiger partial charge in [0.2, 0.25) is 0 Å². The molecule has 0 bridgehead atoms. The van der Waals surface area contributed by atoms with Crippen LogP contribution in [-0.2, 0) is 28.4 Å². The lowest BCUT2D eigenvalue weighted by Gasteiger charge is -2.36. The Morgan fingerprint density at radius 1 is 1.13 bits per heavy atom. The zero-order chi connectivity index (χ0) is 22.4. The standard InChI is InChI=1S/C24H28FN3O2S/c1-17-10-11-19-14-20(25)12-13-21(19)28(17)31(29,30)22-16-27(26-23(22)24(2,3)4)15-18-8-6-5-7-9-18/h5-9,12-14,16-17H,10-11,15H2,1-4H3. The molecular weight excluding hydrogens is 413 g/mol. The summed E-state index contributed by atoms with van der Waals surface area (Å²) in [6, 6.07) is 13.9. The van der Waals surface area contributed by atoms with Crippen LogP contribution in [0.3, 0.4) is 0 Å². The maximum atomic E-state index is 14.0. The van der Waals surface area contributed by atoms with E-state index in [2.05, 4.69) is 5.10 Å². The highest BCUT2D eigenvalue weighted by Crippen LogP contribution is 2.38. The van der Waals surface area contributed by atoms with Crippen molar-refractivity contribution < 1.29 is 12.8 Å². The quantitative estimate of drug-likeness (QED) is 0.579. The van der Waals surface area contributed by atoms with Crippen LogP contribution < -0.4 is 4.31 Å². The van der Waals surface area contributed by atoms with Gasteiger partial charge in [0.15, 0.2) is 0 Å². The van der Waals surface area contributed by atoms with Crippen molar-refractivity contribution in [2.24, 2.45) is 0 Å². The third-order valence-corrected chi connectivity index (χ3v) is 7.60. The average Bonchev–Trinajstić information content (AvgIpc) is 3.14. The molecule has 2 aromatic carbocycles. The minimum atomic E-state index is -3.90. The molecule has 1 unspecified atom stereocenters. The summed E-state index contributed by atoms with van der Waals surface area (Å²) in [5.41, 5.74) is 2.38. The van der Waals surface area contributed by atoms with Crippen molar-refractivity contribution in [3.8, 4) is 0 Å². The van der Waals surface area contributed by atoms with Crippen molar-refractivity contribution >= 4 is 15.7 Å². The first-order valence-electron chi connectivity index (χ1n) is 10.5. The second-order valence-corrected chi connectivity index (χ2v) is 11.0. The molecule has 5 nitrogen and oxygen atoms in total. The second kappa shape index (κ2) is 7.79. The van der Waals surface area contributed by atoms with Crippen molar-refractivity contribution in [2.45, 2.75) is 63.4 Å². The molecule has 0 N–H and O–H groups in total. The van der Waals surface area contributed by atoms with E-state index in [1.807, 2.05) is 58.0 Å². The number of hydrogen-bond acceptors (Lipinski definition) is 3. The van der Waals surface area contributed by atoms with Crippen LogP contribution in [0.25, 0.3) is 0 Å². The summed E-state index contributed by atoms with van der Waals surface area (Å²) in [5, 5.41) is 4.68. The van der Waals surface area contributed by atoms with Gasteiger partial charge in [-0.2, -0.15) is 5.10 Å². The SMILES string of the molecule is CC1CCc2cc(F)ccc2N1S(=O)(=O)c1cn(Cc2ccccc2)nc1C(C)(C)C. The van der Waals surface area contributed by atoms with Gasteiger partial charge in [0.25, 0.3) is 10.0 Å². The van der Waals surface area contributed by atoms with Crippen LogP contribution in [0.2, 0.25) is 0 Å². The molecule has 31 heavy (non-hydrogen) atoms. The minimum absolute atomic E-state index is 0.208. The molecule has 1 aromatic heterocycles. The monoisotopic (exact) mass is 441 g/mol. The summed E-state index contributed by atoms with van der Waals surface area (Å²) in [6.45, 7) is 8.27. The molecule has 0 saturated heterocycles. The predicted molar refractivity (Wildman–Crippen MR) is 120 cm³/mol. The van der Waals surface area contributed by atoms with Gasteiger partial charge in [-0.15, -0.1) is 0 Å². The molecule has 3 aromatic rings. The van der Waals surface area contributed by atoms with Crippen molar-refractivity contribution in [3.63, 3.8) is 0 Å². The topological polar surface area (TPSA) is 55.2 Å². The van der Waals surface area contributed by atoms with E-state index in [-0.39, 0.29) is 16.8 Å². The van der Waals surface area contributed by atoms with Crippen LogP contribution in [0, 0.1) is 5.82 Å². The van der Waals surface area contributed by atoms with Crippen LogP contribution in [0.15, 0.2) is 59.6 Å². The van der Waals surface area contributed by atoms with E-state index in [0.717, 1.165) is 11.1 Å². The van der Waals surface area contributed by atoms with Crippen molar-refractivity contribution in [1.82, 2.24) is 9.78 Å². The number of benzene rings is 2. The lowest BCUT2D eigenvalue weighted by Crippen LogP contribution is -2.42. The number of sulfonamides is 1. The van der Waals surface area contributed by atoms with E-state index in [1.165, 1.54) is 16.4 Å². The summed E-state index contributed by atoms with van der Waals surface area (Å²) < 4.78 is 44.8. The van der Waals surface area contributed by atoms with E-state index >= 15 is 0 Å². The Morgan fingerprint density at radius 2 is 1.84 bits per heavy atom. The summed E-state index contributed by atoms with van der Waals surface area (Å²) >= 11 is 0. The molecule has 7 heteroatoms. The molecule has 1 aliphatic heterocycles. The molecule has 0 aliphatic carbocycles. The number of fused-ring (bicyclic) bond motifs is 1. The Kier molecular flexibility index (Phi) is 5.41. The van der Waals surface area contributed by atoms with Gasteiger partial charge in [-0.25, -0.2) is 12.8 Å². The molecule has 0 saturated carbocycles. The molecule has 4 rings (SSSR count). The largest absolute Gasteiger partial charge is 0.268 e. The number of halogens is 1. The molecular formula is C24H28FN3O2S. The molecule has 1 atom stereocenters. The summed E-state index contributed by atoms with van der Waals surface area (Å²) in [7, 11) is -3.90. The fourth-order valence-corrected chi connectivity index (χ4v) is 6.20. The summed E-state index contributed by atoms with van der Waals surface area (Å²) in [5.74, 6) is -0.350. The molecule has 0 spiro atoms. The number of anilines is 1.